The molecule has 6 nitrogen and oxygen atoms in total. The summed E-state index contributed by atoms with van der Waals surface area (Å²) in [6.07, 6.45) is 0. The van der Waals surface area contributed by atoms with Gasteiger partial charge in [0.05, 0.1) is 17.1 Å². The van der Waals surface area contributed by atoms with Gasteiger partial charge < -0.3 is 11.1 Å². The van der Waals surface area contributed by atoms with Crippen molar-refractivity contribution in [3.8, 4) is 0 Å². The number of nitrogens with two attached hydrogens (primary N) is 1. The number of aryl methyl sites for hydroxylation is 1. The maximum Gasteiger partial charge on any atom is 0.244 e. The van der Waals surface area contributed by atoms with Crippen LogP contribution in [-0.2, 0) is 14.8 Å². The second-order valence-electron chi connectivity index (χ2n) is 4.73. The molecule has 0 saturated carbocycles. The van der Waals surface area contributed by atoms with Crippen LogP contribution >= 0.6 is 0 Å². The van der Waals surface area contributed by atoms with Gasteiger partial charge >= 0.3 is 0 Å². The molecule has 0 unspecified atom stereocenters. The van der Waals surface area contributed by atoms with Crippen LogP contribution in [-0.4, -0.2) is 38.3 Å². The zero-order valence-electron chi connectivity index (χ0n) is 11.2. The summed E-state index contributed by atoms with van der Waals surface area (Å²) >= 11 is 0. The first-order valence-corrected chi connectivity index (χ1v) is 7.51. The average Bonchev–Trinajstić information content (AvgIpc) is 2.36. The number of sulfonamides is 1. The van der Waals surface area contributed by atoms with E-state index in [0.29, 0.717) is 0 Å². The molecule has 3 N–H and O–H groups in total. The van der Waals surface area contributed by atoms with Gasteiger partial charge in [0.15, 0.2) is 0 Å². The van der Waals surface area contributed by atoms with Gasteiger partial charge in [-0.15, -0.1) is 0 Å². The number of carbonyl (C=O) groups is 1. The summed E-state index contributed by atoms with van der Waals surface area (Å²) in [5.74, 6) is -0.999. The number of hydrogen-bond donors (Lipinski definition) is 2. The molecule has 0 bridgehead atoms. The van der Waals surface area contributed by atoms with Crippen LogP contribution in [0.5, 0.6) is 0 Å². The Hall–Kier alpha value is -1.67. The summed E-state index contributed by atoms with van der Waals surface area (Å²) < 4.78 is 39.8. The van der Waals surface area contributed by atoms with Gasteiger partial charge in [0, 0.05) is 13.1 Å². The lowest BCUT2D eigenvalue weighted by molar-refractivity contribution is -0.122. The normalized spacial score (nSPS) is 17.1. The van der Waals surface area contributed by atoms with Crippen molar-refractivity contribution in [2.24, 2.45) is 0 Å². The van der Waals surface area contributed by atoms with Crippen LogP contribution in [0.2, 0.25) is 0 Å². The Morgan fingerprint density at radius 3 is 2.65 bits per heavy atom. The third-order valence-corrected chi connectivity index (χ3v) is 5.44. The Labute approximate surface area is 116 Å². The van der Waals surface area contributed by atoms with Crippen LogP contribution < -0.4 is 11.1 Å². The molecule has 20 heavy (non-hydrogen) atoms. The summed E-state index contributed by atoms with van der Waals surface area (Å²) in [4.78, 5) is 11.3. The van der Waals surface area contributed by atoms with E-state index in [1.54, 1.807) is 0 Å². The van der Waals surface area contributed by atoms with Crippen molar-refractivity contribution in [1.82, 2.24) is 9.62 Å². The lowest BCUT2D eigenvalue weighted by atomic mass is 10.1. The fourth-order valence-electron chi connectivity index (χ4n) is 2.28. The number of halogens is 1. The summed E-state index contributed by atoms with van der Waals surface area (Å²) in [6.45, 7) is 3.17. The van der Waals surface area contributed by atoms with Gasteiger partial charge in [0.25, 0.3) is 0 Å². The Bertz CT molecular complexity index is 673. The quantitative estimate of drug-likeness (QED) is 0.760. The molecule has 0 atom stereocenters. The van der Waals surface area contributed by atoms with Gasteiger partial charge in [-0.3, -0.25) is 4.79 Å². The van der Waals surface area contributed by atoms with E-state index < -0.39 is 15.8 Å². The highest BCUT2D eigenvalue weighted by Crippen LogP contribution is 2.29. The number of benzene rings is 1. The van der Waals surface area contributed by atoms with Gasteiger partial charge in [-0.25, -0.2) is 12.8 Å². The van der Waals surface area contributed by atoms with Crippen molar-refractivity contribution in [2.45, 2.75) is 18.7 Å². The zero-order chi connectivity index (χ0) is 15.1. The van der Waals surface area contributed by atoms with Crippen molar-refractivity contribution in [1.29, 1.82) is 0 Å². The number of anilines is 1. The molecule has 0 aromatic heterocycles. The SMILES string of the molecule is Cc1cc(F)c(N)c(C)c1S(=O)(=O)N1CCNC(=O)C1. The van der Waals surface area contributed by atoms with Crippen LogP contribution in [0.1, 0.15) is 11.1 Å². The highest BCUT2D eigenvalue weighted by molar-refractivity contribution is 7.89. The molecule has 1 aromatic rings. The van der Waals surface area contributed by atoms with Gasteiger partial charge in [-0.05, 0) is 31.0 Å². The summed E-state index contributed by atoms with van der Waals surface area (Å²) in [7, 11) is -3.87. The zero-order valence-corrected chi connectivity index (χ0v) is 12.1. The monoisotopic (exact) mass is 301 g/mol. The highest BCUT2D eigenvalue weighted by Gasteiger charge is 2.32. The lowest BCUT2D eigenvalue weighted by Gasteiger charge is -2.27. The minimum Gasteiger partial charge on any atom is -0.396 e. The van der Waals surface area contributed by atoms with Crippen LogP contribution in [0.25, 0.3) is 0 Å². The number of nitrogens with zero attached hydrogens (tertiary/aromatic N) is 1. The molecule has 1 fully saturated rings. The topological polar surface area (TPSA) is 92.5 Å². The number of amides is 1. The molecule has 110 valence electrons. The fraction of sp³-hybridized carbons (Fsp3) is 0.417. The van der Waals surface area contributed by atoms with Crippen molar-refractivity contribution in [3.63, 3.8) is 0 Å². The van der Waals surface area contributed by atoms with Crippen molar-refractivity contribution in [2.75, 3.05) is 25.4 Å². The predicted octanol–water partition coefficient (Wildman–Crippen LogP) is 0.145. The molecule has 1 amide bonds. The van der Waals surface area contributed by atoms with Crippen molar-refractivity contribution < 1.29 is 17.6 Å². The summed E-state index contributed by atoms with van der Waals surface area (Å²) in [6, 6.07) is 1.10. The van der Waals surface area contributed by atoms with Crippen LogP contribution in [0.15, 0.2) is 11.0 Å². The van der Waals surface area contributed by atoms with E-state index in [0.717, 1.165) is 10.4 Å². The maximum absolute atomic E-state index is 13.5. The molecule has 1 aliphatic rings. The van der Waals surface area contributed by atoms with Crippen LogP contribution in [0.4, 0.5) is 10.1 Å². The Balaban J connectivity index is 2.55. The summed E-state index contributed by atoms with van der Waals surface area (Å²) in [5, 5.41) is 2.56. The smallest absolute Gasteiger partial charge is 0.244 e. The summed E-state index contributed by atoms with van der Waals surface area (Å²) in [5.41, 5.74) is 5.84. The highest BCUT2D eigenvalue weighted by atomic mass is 32.2. The molecule has 0 aliphatic carbocycles. The maximum atomic E-state index is 13.5. The number of nitrogens with one attached hydrogen (secondary N) is 1. The molecule has 1 heterocycles. The Morgan fingerprint density at radius 1 is 1.40 bits per heavy atom. The number of nitrogen functional groups attached to an aromatic ring is 1. The number of rotatable bonds is 2. The van der Waals surface area contributed by atoms with Gasteiger partial charge in [-0.2, -0.15) is 4.31 Å². The minimum absolute atomic E-state index is 0.0221. The van der Waals surface area contributed by atoms with Crippen molar-refractivity contribution >= 4 is 21.6 Å². The number of carbonyl (C=O) groups excluding carboxylic acids is 1. The Morgan fingerprint density at radius 2 is 2.05 bits per heavy atom. The van der Waals surface area contributed by atoms with Crippen LogP contribution in [0, 0.1) is 19.7 Å². The number of piperazine rings is 1. The molecular weight excluding hydrogens is 285 g/mol. The third-order valence-electron chi connectivity index (χ3n) is 3.30. The lowest BCUT2D eigenvalue weighted by Crippen LogP contribution is -2.50. The van der Waals surface area contributed by atoms with E-state index in [-0.39, 0.29) is 47.3 Å². The number of hydrogen-bond acceptors (Lipinski definition) is 4. The van der Waals surface area contributed by atoms with Crippen molar-refractivity contribution in [3.05, 3.63) is 23.0 Å². The Kier molecular flexibility index (Phi) is 3.70. The van der Waals surface area contributed by atoms with E-state index >= 15 is 0 Å². The van der Waals surface area contributed by atoms with E-state index in [9.17, 15) is 17.6 Å². The first-order chi connectivity index (χ1) is 9.25. The largest absolute Gasteiger partial charge is 0.396 e. The molecule has 1 aliphatic heterocycles. The molecule has 8 heteroatoms. The second kappa shape index (κ2) is 5.02. The van der Waals surface area contributed by atoms with E-state index in [2.05, 4.69) is 5.32 Å². The molecule has 1 aromatic carbocycles. The average molecular weight is 301 g/mol. The van der Waals surface area contributed by atoms with Crippen LogP contribution in [0.3, 0.4) is 0 Å². The molecule has 1 saturated heterocycles. The molecular formula is C12H16FN3O3S. The molecule has 0 radical (unpaired) electrons. The third kappa shape index (κ3) is 2.36. The second-order valence-corrected chi connectivity index (χ2v) is 6.61. The van der Waals surface area contributed by atoms with E-state index in [1.807, 2.05) is 0 Å². The predicted molar refractivity (Wildman–Crippen MR) is 72.1 cm³/mol. The van der Waals surface area contributed by atoms with Gasteiger partial charge in [0.1, 0.15) is 5.82 Å². The van der Waals surface area contributed by atoms with Gasteiger partial charge in [-0.1, -0.05) is 0 Å². The minimum atomic E-state index is -3.87. The molecule has 0 spiro atoms. The van der Waals surface area contributed by atoms with E-state index in [1.165, 1.54) is 13.8 Å². The first-order valence-electron chi connectivity index (χ1n) is 6.07. The molecule has 2 rings (SSSR count). The fourth-order valence-corrected chi connectivity index (χ4v) is 4.12. The van der Waals surface area contributed by atoms with E-state index in [4.69, 9.17) is 5.73 Å². The first kappa shape index (κ1) is 14.7. The van der Waals surface area contributed by atoms with Gasteiger partial charge in [0.2, 0.25) is 15.9 Å². The standard InChI is InChI=1S/C12H16FN3O3S/c1-7-5-9(13)11(14)8(2)12(7)20(18,19)16-4-3-15-10(17)6-16/h5H,3-4,6,14H2,1-2H3,(H,15,17).